The Morgan fingerprint density at radius 2 is 1.67 bits per heavy atom. The van der Waals surface area contributed by atoms with Crippen LogP contribution in [0.1, 0.15) is 13.8 Å². The fourth-order valence-electron chi connectivity index (χ4n) is 1.62. The molecule has 0 spiro atoms. The third-order valence-corrected chi connectivity index (χ3v) is 2.53. The van der Waals surface area contributed by atoms with E-state index in [0.29, 0.717) is 5.92 Å². The molecule has 2 nitrogen and oxygen atoms in total. The summed E-state index contributed by atoms with van der Waals surface area (Å²) in [6, 6.07) is 17.9. The van der Waals surface area contributed by atoms with Crippen molar-refractivity contribution >= 4 is 5.69 Å². The van der Waals surface area contributed by atoms with Crippen molar-refractivity contribution in [3.63, 3.8) is 0 Å². The average molecular weight is 241 g/mol. The van der Waals surface area contributed by atoms with Gasteiger partial charge in [0.2, 0.25) is 0 Å². The van der Waals surface area contributed by atoms with Gasteiger partial charge >= 0.3 is 0 Å². The minimum atomic E-state index is 0.628. The number of nitrogens with one attached hydrogen (secondary N) is 1. The molecule has 0 amide bonds. The van der Waals surface area contributed by atoms with Crippen molar-refractivity contribution in [3.05, 3.63) is 54.6 Å². The Morgan fingerprint density at radius 1 is 0.944 bits per heavy atom. The summed E-state index contributed by atoms with van der Waals surface area (Å²) in [4.78, 5) is 0. The highest BCUT2D eigenvalue weighted by Crippen LogP contribution is 2.23. The average Bonchev–Trinajstić information content (AvgIpc) is 2.38. The number of rotatable bonds is 5. The zero-order valence-electron chi connectivity index (χ0n) is 10.9. The third kappa shape index (κ3) is 3.81. The summed E-state index contributed by atoms with van der Waals surface area (Å²) in [6.45, 7) is 5.35. The van der Waals surface area contributed by atoms with E-state index in [-0.39, 0.29) is 0 Å². The zero-order chi connectivity index (χ0) is 12.8. The molecule has 18 heavy (non-hydrogen) atoms. The van der Waals surface area contributed by atoms with Gasteiger partial charge in [-0.25, -0.2) is 0 Å². The molecule has 2 rings (SSSR count). The SMILES string of the molecule is CC(C)CNc1cccc(Oc2ccccc2)c1. The maximum Gasteiger partial charge on any atom is 0.129 e. The Morgan fingerprint density at radius 3 is 2.39 bits per heavy atom. The topological polar surface area (TPSA) is 21.3 Å². The van der Waals surface area contributed by atoms with Crippen LogP contribution in [0.25, 0.3) is 0 Å². The molecule has 0 saturated carbocycles. The van der Waals surface area contributed by atoms with Crippen molar-refractivity contribution in [2.24, 2.45) is 5.92 Å². The van der Waals surface area contributed by atoms with Gasteiger partial charge in [0, 0.05) is 18.3 Å². The number of anilines is 1. The molecule has 0 aromatic heterocycles. The Labute approximate surface area is 109 Å². The number of hydrogen-bond donors (Lipinski definition) is 1. The minimum Gasteiger partial charge on any atom is -0.457 e. The lowest BCUT2D eigenvalue weighted by Crippen LogP contribution is -2.07. The first-order valence-corrected chi connectivity index (χ1v) is 6.31. The van der Waals surface area contributed by atoms with E-state index >= 15 is 0 Å². The second kappa shape index (κ2) is 6.10. The summed E-state index contributed by atoms with van der Waals surface area (Å²) in [5, 5.41) is 3.39. The third-order valence-electron chi connectivity index (χ3n) is 2.53. The fraction of sp³-hybridized carbons (Fsp3) is 0.250. The van der Waals surface area contributed by atoms with E-state index in [1.165, 1.54) is 0 Å². The number of benzene rings is 2. The van der Waals surface area contributed by atoms with Crippen LogP contribution in [0.15, 0.2) is 54.6 Å². The van der Waals surface area contributed by atoms with Crippen LogP contribution < -0.4 is 10.1 Å². The normalized spacial score (nSPS) is 10.4. The smallest absolute Gasteiger partial charge is 0.129 e. The Balaban J connectivity index is 2.03. The molecule has 0 unspecified atom stereocenters. The number of ether oxygens (including phenoxy) is 1. The van der Waals surface area contributed by atoms with E-state index < -0.39 is 0 Å². The molecule has 2 aromatic carbocycles. The quantitative estimate of drug-likeness (QED) is 0.829. The molecule has 0 heterocycles. The van der Waals surface area contributed by atoms with Crippen LogP contribution in [0, 0.1) is 5.92 Å². The van der Waals surface area contributed by atoms with Gasteiger partial charge in [-0.05, 0) is 30.2 Å². The van der Waals surface area contributed by atoms with Gasteiger partial charge in [-0.1, -0.05) is 38.1 Å². The fourth-order valence-corrected chi connectivity index (χ4v) is 1.62. The standard InChI is InChI=1S/C16H19NO/c1-13(2)12-17-14-7-6-10-16(11-14)18-15-8-4-3-5-9-15/h3-11,13,17H,12H2,1-2H3. The van der Waals surface area contributed by atoms with Crippen LogP contribution in [0.2, 0.25) is 0 Å². The monoisotopic (exact) mass is 241 g/mol. The van der Waals surface area contributed by atoms with Crippen molar-refractivity contribution in [2.75, 3.05) is 11.9 Å². The first kappa shape index (κ1) is 12.5. The molecule has 0 fully saturated rings. The van der Waals surface area contributed by atoms with E-state index in [0.717, 1.165) is 23.7 Å². The predicted octanol–water partition coefficient (Wildman–Crippen LogP) is 4.55. The molecule has 2 heteroatoms. The highest BCUT2D eigenvalue weighted by atomic mass is 16.5. The molecule has 0 aliphatic carbocycles. The van der Waals surface area contributed by atoms with Gasteiger partial charge in [0.05, 0.1) is 0 Å². The summed E-state index contributed by atoms with van der Waals surface area (Å²) >= 11 is 0. The van der Waals surface area contributed by atoms with E-state index in [4.69, 9.17) is 4.74 Å². The summed E-state index contributed by atoms with van der Waals surface area (Å²) < 4.78 is 5.79. The lowest BCUT2D eigenvalue weighted by atomic mass is 10.2. The summed E-state index contributed by atoms with van der Waals surface area (Å²) in [7, 11) is 0. The molecule has 0 bridgehead atoms. The van der Waals surface area contributed by atoms with Gasteiger partial charge in [0.25, 0.3) is 0 Å². The van der Waals surface area contributed by atoms with E-state index in [1.807, 2.05) is 48.5 Å². The lowest BCUT2D eigenvalue weighted by Gasteiger charge is -2.11. The van der Waals surface area contributed by atoms with Crippen LogP contribution in [0.4, 0.5) is 5.69 Å². The van der Waals surface area contributed by atoms with Crippen LogP contribution in [-0.4, -0.2) is 6.54 Å². The lowest BCUT2D eigenvalue weighted by molar-refractivity contribution is 0.483. The van der Waals surface area contributed by atoms with Gasteiger partial charge in [0.1, 0.15) is 11.5 Å². The zero-order valence-corrected chi connectivity index (χ0v) is 10.9. The molecule has 2 aromatic rings. The van der Waals surface area contributed by atoms with Crippen molar-refractivity contribution in [1.82, 2.24) is 0 Å². The maximum absolute atomic E-state index is 5.79. The second-order valence-corrected chi connectivity index (χ2v) is 4.72. The molecule has 94 valence electrons. The molecule has 0 atom stereocenters. The largest absolute Gasteiger partial charge is 0.457 e. The molecular weight excluding hydrogens is 222 g/mol. The van der Waals surface area contributed by atoms with Crippen molar-refractivity contribution in [3.8, 4) is 11.5 Å². The summed E-state index contributed by atoms with van der Waals surface area (Å²) in [5.41, 5.74) is 1.09. The van der Waals surface area contributed by atoms with Crippen LogP contribution in [-0.2, 0) is 0 Å². The molecule has 0 saturated heterocycles. The highest BCUT2D eigenvalue weighted by molar-refractivity contribution is 5.49. The van der Waals surface area contributed by atoms with Crippen molar-refractivity contribution in [2.45, 2.75) is 13.8 Å². The summed E-state index contributed by atoms with van der Waals surface area (Å²) in [6.07, 6.45) is 0. The van der Waals surface area contributed by atoms with Gasteiger partial charge in [-0.3, -0.25) is 0 Å². The molecule has 0 radical (unpaired) electrons. The van der Waals surface area contributed by atoms with Gasteiger partial charge in [-0.2, -0.15) is 0 Å². The van der Waals surface area contributed by atoms with Crippen LogP contribution in [0.3, 0.4) is 0 Å². The van der Waals surface area contributed by atoms with Crippen LogP contribution >= 0.6 is 0 Å². The minimum absolute atomic E-state index is 0.628. The van der Waals surface area contributed by atoms with Gasteiger partial charge in [-0.15, -0.1) is 0 Å². The first-order valence-electron chi connectivity index (χ1n) is 6.31. The number of para-hydroxylation sites is 1. The molecule has 0 aliphatic rings. The molecule has 0 aliphatic heterocycles. The van der Waals surface area contributed by atoms with Gasteiger partial charge < -0.3 is 10.1 Å². The Kier molecular flexibility index (Phi) is 4.24. The highest BCUT2D eigenvalue weighted by Gasteiger charge is 1.99. The molecular formula is C16H19NO. The van der Waals surface area contributed by atoms with Crippen molar-refractivity contribution in [1.29, 1.82) is 0 Å². The Hall–Kier alpha value is -1.96. The van der Waals surface area contributed by atoms with Crippen LogP contribution in [0.5, 0.6) is 11.5 Å². The molecule has 1 N–H and O–H groups in total. The predicted molar refractivity (Wildman–Crippen MR) is 76.3 cm³/mol. The Bertz CT molecular complexity index is 479. The maximum atomic E-state index is 5.79. The van der Waals surface area contributed by atoms with Crippen molar-refractivity contribution < 1.29 is 4.74 Å². The number of hydrogen-bond acceptors (Lipinski definition) is 2. The summed E-state index contributed by atoms with van der Waals surface area (Å²) in [5.74, 6) is 2.34. The van der Waals surface area contributed by atoms with E-state index in [1.54, 1.807) is 0 Å². The van der Waals surface area contributed by atoms with Gasteiger partial charge in [0.15, 0.2) is 0 Å². The van der Waals surface area contributed by atoms with E-state index in [2.05, 4.69) is 25.2 Å². The van der Waals surface area contributed by atoms with E-state index in [9.17, 15) is 0 Å². The first-order chi connectivity index (χ1) is 8.74. The second-order valence-electron chi connectivity index (χ2n) is 4.72.